The number of rotatable bonds is 2. The molecule has 3 heteroatoms. The number of amides is 1. The van der Waals surface area contributed by atoms with Crippen LogP contribution in [0.5, 0.6) is 0 Å². The van der Waals surface area contributed by atoms with Crippen molar-refractivity contribution in [3.05, 3.63) is 0 Å². The van der Waals surface area contributed by atoms with E-state index < -0.39 is 0 Å². The Morgan fingerprint density at radius 3 is 2.76 bits per heavy atom. The van der Waals surface area contributed by atoms with Crippen molar-refractivity contribution in [2.24, 2.45) is 11.8 Å². The van der Waals surface area contributed by atoms with Crippen molar-refractivity contribution in [1.29, 1.82) is 0 Å². The fourth-order valence-corrected chi connectivity index (χ4v) is 3.22. The molecule has 0 aliphatic carbocycles. The highest BCUT2D eigenvalue weighted by molar-refractivity contribution is 5.80. The molecule has 1 amide bonds. The van der Waals surface area contributed by atoms with E-state index in [1.54, 1.807) is 0 Å². The first-order valence-electron chi connectivity index (χ1n) is 7.24. The first kappa shape index (κ1) is 12.9. The van der Waals surface area contributed by atoms with E-state index >= 15 is 0 Å². The van der Waals surface area contributed by atoms with Crippen LogP contribution in [0.2, 0.25) is 0 Å². The van der Waals surface area contributed by atoms with Crippen LogP contribution in [-0.2, 0) is 4.79 Å². The van der Waals surface area contributed by atoms with Crippen LogP contribution >= 0.6 is 0 Å². The molecule has 2 rings (SSSR count). The van der Waals surface area contributed by atoms with Gasteiger partial charge in [-0.25, -0.2) is 0 Å². The Balaban J connectivity index is 1.90. The minimum absolute atomic E-state index is 0.230. The van der Waals surface area contributed by atoms with E-state index in [1.807, 2.05) is 0 Å². The number of hydrogen-bond donors (Lipinski definition) is 1. The van der Waals surface area contributed by atoms with E-state index in [4.69, 9.17) is 0 Å². The molecule has 2 heterocycles. The lowest BCUT2D eigenvalue weighted by Gasteiger charge is -2.25. The molecular weight excluding hydrogens is 212 g/mol. The molecule has 1 N–H and O–H groups in total. The molecule has 2 saturated heterocycles. The first-order valence-corrected chi connectivity index (χ1v) is 7.24. The molecule has 0 saturated carbocycles. The summed E-state index contributed by atoms with van der Waals surface area (Å²) in [6.45, 7) is 7.38. The molecule has 0 aromatic heterocycles. The van der Waals surface area contributed by atoms with Gasteiger partial charge in [-0.2, -0.15) is 0 Å². The van der Waals surface area contributed by atoms with E-state index in [9.17, 15) is 4.79 Å². The SMILES string of the molecule is CCC1CCCN(C(=O)C2CCNC2C)CC1. The molecule has 3 unspecified atom stereocenters. The van der Waals surface area contributed by atoms with Gasteiger partial charge < -0.3 is 10.2 Å². The molecule has 3 atom stereocenters. The number of hydrogen-bond acceptors (Lipinski definition) is 2. The topological polar surface area (TPSA) is 32.3 Å². The van der Waals surface area contributed by atoms with E-state index in [1.165, 1.54) is 25.7 Å². The second kappa shape index (κ2) is 5.85. The summed E-state index contributed by atoms with van der Waals surface area (Å²) in [4.78, 5) is 14.6. The third-order valence-electron chi connectivity index (χ3n) is 4.58. The Kier molecular flexibility index (Phi) is 4.43. The summed E-state index contributed by atoms with van der Waals surface area (Å²) in [5.41, 5.74) is 0. The van der Waals surface area contributed by atoms with E-state index in [0.29, 0.717) is 11.9 Å². The van der Waals surface area contributed by atoms with Crippen LogP contribution in [0, 0.1) is 11.8 Å². The predicted octanol–water partition coefficient (Wildman–Crippen LogP) is 2.02. The molecule has 2 fully saturated rings. The van der Waals surface area contributed by atoms with Crippen LogP contribution in [-0.4, -0.2) is 36.5 Å². The summed E-state index contributed by atoms with van der Waals surface area (Å²) < 4.78 is 0. The van der Waals surface area contributed by atoms with Crippen molar-refractivity contribution in [1.82, 2.24) is 10.2 Å². The van der Waals surface area contributed by atoms with Gasteiger partial charge in [0, 0.05) is 19.1 Å². The van der Waals surface area contributed by atoms with E-state index in [-0.39, 0.29) is 5.92 Å². The molecule has 3 nitrogen and oxygen atoms in total. The standard InChI is InChI=1S/C14H26N2O/c1-3-12-5-4-9-16(10-7-12)14(17)13-6-8-15-11(13)2/h11-13,15H,3-10H2,1-2H3. The van der Waals surface area contributed by atoms with Crippen LogP contribution in [0.15, 0.2) is 0 Å². The smallest absolute Gasteiger partial charge is 0.227 e. The summed E-state index contributed by atoms with van der Waals surface area (Å²) in [6.07, 6.45) is 5.99. The van der Waals surface area contributed by atoms with Crippen molar-refractivity contribution in [3.63, 3.8) is 0 Å². The van der Waals surface area contributed by atoms with E-state index in [0.717, 1.165) is 32.0 Å². The first-order chi connectivity index (χ1) is 8.22. The molecule has 2 aliphatic rings. The lowest BCUT2D eigenvalue weighted by Crippen LogP contribution is -2.40. The van der Waals surface area contributed by atoms with Crippen LogP contribution in [0.4, 0.5) is 0 Å². The number of carbonyl (C=O) groups excluding carboxylic acids is 1. The summed E-state index contributed by atoms with van der Waals surface area (Å²) in [5.74, 6) is 1.47. The average Bonchev–Trinajstić information content (AvgIpc) is 2.64. The zero-order valence-electron chi connectivity index (χ0n) is 11.2. The molecule has 98 valence electrons. The Hall–Kier alpha value is -0.570. The van der Waals surface area contributed by atoms with Crippen molar-refractivity contribution < 1.29 is 4.79 Å². The van der Waals surface area contributed by atoms with Gasteiger partial charge in [-0.05, 0) is 45.1 Å². The molecule has 2 aliphatic heterocycles. The molecule has 17 heavy (non-hydrogen) atoms. The highest BCUT2D eigenvalue weighted by atomic mass is 16.2. The van der Waals surface area contributed by atoms with Gasteiger partial charge in [0.15, 0.2) is 0 Å². The maximum Gasteiger partial charge on any atom is 0.227 e. The maximum absolute atomic E-state index is 12.4. The van der Waals surface area contributed by atoms with Crippen LogP contribution in [0.3, 0.4) is 0 Å². The lowest BCUT2D eigenvalue weighted by molar-refractivity contribution is -0.135. The van der Waals surface area contributed by atoms with Gasteiger partial charge in [0.05, 0.1) is 5.92 Å². The second-order valence-electron chi connectivity index (χ2n) is 5.67. The van der Waals surface area contributed by atoms with Gasteiger partial charge in [0.1, 0.15) is 0 Å². The Morgan fingerprint density at radius 1 is 1.29 bits per heavy atom. The molecule has 0 spiro atoms. The Labute approximate surface area is 105 Å². The second-order valence-corrected chi connectivity index (χ2v) is 5.67. The van der Waals surface area contributed by atoms with Crippen molar-refractivity contribution >= 4 is 5.91 Å². The fraction of sp³-hybridized carbons (Fsp3) is 0.929. The zero-order chi connectivity index (χ0) is 12.3. The van der Waals surface area contributed by atoms with E-state index in [2.05, 4.69) is 24.1 Å². The van der Waals surface area contributed by atoms with Gasteiger partial charge in [-0.15, -0.1) is 0 Å². The van der Waals surface area contributed by atoms with Crippen molar-refractivity contribution in [3.8, 4) is 0 Å². The Morgan fingerprint density at radius 2 is 2.12 bits per heavy atom. The van der Waals surface area contributed by atoms with Gasteiger partial charge in [-0.3, -0.25) is 4.79 Å². The number of nitrogens with one attached hydrogen (secondary N) is 1. The molecule has 0 aromatic rings. The highest BCUT2D eigenvalue weighted by Gasteiger charge is 2.33. The Bertz CT molecular complexity index is 267. The van der Waals surface area contributed by atoms with Crippen LogP contribution < -0.4 is 5.32 Å². The predicted molar refractivity (Wildman–Crippen MR) is 69.8 cm³/mol. The summed E-state index contributed by atoms with van der Waals surface area (Å²) in [7, 11) is 0. The lowest BCUT2D eigenvalue weighted by atomic mass is 9.98. The van der Waals surface area contributed by atoms with Gasteiger partial charge in [0.25, 0.3) is 0 Å². The third kappa shape index (κ3) is 3.01. The van der Waals surface area contributed by atoms with Gasteiger partial charge >= 0.3 is 0 Å². The molecule has 0 aromatic carbocycles. The van der Waals surface area contributed by atoms with Crippen molar-refractivity contribution in [2.75, 3.05) is 19.6 Å². The number of likely N-dealkylation sites (tertiary alicyclic amines) is 1. The van der Waals surface area contributed by atoms with Crippen LogP contribution in [0.1, 0.15) is 46.0 Å². The monoisotopic (exact) mass is 238 g/mol. The largest absolute Gasteiger partial charge is 0.342 e. The van der Waals surface area contributed by atoms with Gasteiger partial charge in [-0.1, -0.05) is 13.3 Å². The average molecular weight is 238 g/mol. The quantitative estimate of drug-likeness (QED) is 0.798. The maximum atomic E-state index is 12.4. The summed E-state index contributed by atoms with van der Waals surface area (Å²) >= 11 is 0. The van der Waals surface area contributed by atoms with Gasteiger partial charge in [0.2, 0.25) is 5.91 Å². The molecule has 0 bridgehead atoms. The summed E-state index contributed by atoms with van der Waals surface area (Å²) in [5, 5.41) is 3.38. The third-order valence-corrected chi connectivity index (χ3v) is 4.58. The van der Waals surface area contributed by atoms with Crippen molar-refractivity contribution in [2.45, 2.75) is 52.0 Å². The molecular formula is C14H26N2O. The highest BCUT2D eigenvalue weighted by Crippen LogP contribution is 2.24. The minimum Gasteiger partial charge on any atom is -0.342 e. The zero-order valence-corrected chi connectivity index (χ0v) is 11.2. The normalized spacial score (nSPS) is 34.7. The fourth-order valence-electron chi connectivity index (χ4n) is 3.22. The molecule has 0 radical (unpaired) electrons. The summed E-state index contributed by atoms with van der Waals surface area (Å²) in [6, 6.07) is 0.368. The number of carbonyl (C=O) groups is 1. The minimum atomic E-state index is 0.230. The number of nitrogens with zero attached hydrogens (tertiary/aromatic N) is 1. The van der Waals surface area contributed by atoms with Crippen LogP contribution in [0.25, 0.3) is 0 Å².